The lowest BCUT2D eigenvalue weighted by molar-refractivity contribution is -0.384. The van der Waals surface area contributed by atoms with Crippen molar-refractivity contribution < 1.29 is 14.4 Å². The zero-order valence-corrected chi connectivity index (χ0v) is 16.6. The van der Waals surface area contributed by atoms with Crippen molar-refractivity contribution >= 4 is 27.3 Å². The van der Waals surface area contributed by atoms with Gasteiger partial charge in [-0.15, -0.1) is 0 Å². The second-order valence-electron chi connectivity index (χ2n) is 8.31. The van der Waals surface area contributed by atoms with E-state index < -0.39 is 0 Å². The highest BCUT2D eigenvalue weighted by Gasteiger charge is 2.54. The van der Waals surface area contributed by atoms with Crippen molar-refractivity contribution in [1.82, 2.24) is 0 Å². The first-order chi connectivity index (χ1) is 13.6. The number of hydrogen-bond acceptors (Lipinski definition) is 5. The Morgan fingerprint density at radius 2 is 1.86 bits per heavy atom. The fourth-order valence-corrected chi connectivity index (χ4v) is 6.64. The minimum Gasteiger partial charge on any atom is -0.454 e. The highest BCUT2D eigenvalue weighted by atomic mass is 79.9. The Morgan fingerprint density at radius 3 is 2.68 bits per heavy atom. The molecule has 0 spiro atoms. The average molecular weight is 443 g/mol. The predicted octanol–water partition coefficient (Wildman–Crippen LogP) is 5.38. The number of nitrogens with zero attached hydrogens (tertiary/aromatic N) is 1. The summed E-state index contributed by atoms with van der Waals surface area (Å²) in [6, 6.07) is 9.51. The van der Waals surface area contributed by atoms with Gasteiger partial charge in [0.1, 0.15) is 0 Å². The standard InChI is InChI=1S/C21H19BrN2O4/c22-15-8-18-17(27-9-28-18)7-13(15)21-20-11-2-1-10(5-11)19(20)14-6-12(24(25)26)3-4-16(14)23-21/h3-4,6-8,10-11,19-21,23H,1-2,5,9H2. The molecular weight excluding hydrogens is 424 g/mol. The van der Waals surface area contributed by atoms with E-state index in [1.807, 2.05) is 12.1 Å². The number of fused-ring (bicyclic) bond motifs is 8. The zero-order chi connectivity index (χ0) is 19.0. The molecule has 4 aliphatic rings. The average Bonchev–Trinajstić information content (AvgIpc) is 3.42. The van der Waals surface area contributed by atoms with Crippen LogP contribution in [0, 0.1) is 27.9 Å². The number of halogens is 1. The molecule has 0 aromatic heterocycles. The molecule has 1 N–H and O–H groups in total. The molecule has 144 valence electrons. The van der Waals surface area contributed by atoms with Crippen LogP contribution in [0.15, 0.2) is 34.8 Å². The van der Waals surface area contributed by atoms with Crippen LogP contribution in [0.3, 0.4) is 0 Å². The molecule has 2 fully saturated rings. The van der Waals surface area contributed by atoms with Crippen molar-refractivity contribution in [3.63, 3.8) is 0 Å². The van der Waals surface area contributed by atoms with Gasteiger partial charge in [-0.1, -0.05) is 15.9 Å². The highest BCUT2D eigenvalue weighted by Crippen LogP contribution is 2.64. The van der Waals surface area contributed by atoms with Gasteiger partial charge < -0.3 is 14.8 Å². The molecule has 0 amide bonds. The van der Waals surface area contributed by atoms with E-state index in [1.54, 1.807) is 12.1 Å². The predicted molar refractivity (Wildman–Crippen MR) is 107 cm³/mol. The van der Waals surface area contributed by atoms with Crippen LogP contribution >= 0.6 is 15.9 Å². The van der Waals surface area contributed by atoms with Gasteiger partial charge in [-0.25, -0.2) is 0 Å². The van der Waals surface area contributed by atoms with Crippen molar-refractivity contribution in [3.8, 4) is 11.5 Å². The van der Waals surface area contributed by atoms with Gasteiger partial charge in [-0.3, -0.25) is 10.1 Å². The van der Waals surface area contributed by atoms with Crippen LogP contribution in [0.4, 0.5) is 11.4 Å². The minimum atomic E-state index is -0.289. The van der Waals surface area contributed by atoms with Crippen LogP contribution in [-0.2, 0) is 0 Å². The zero-order valence-electron chi connectivity index (χ0n) is 15.1. The number of nitro groups is 1. The summed E-state index contributed by atoms with van der Waals surface area (Å²) in [7, 11) is 0. The number of ether oxygens (including phenoxy) is 2. The third-order valence-corrected chi connectivity index (χ3v) is 7.80. The molecule has 0 saturated heterocycles. The van der Waals surface area contributed by atoms with Gasteiger partial charge >= 0.3 is 0 Å². The Bertz CT molecular complexity index is 1010. The molecule has 2 aliphatic carbocycles. The van der Waals surface area contributed by atoms with E-state index in [-0.39, 0.29) is 23.4 Å². The summed E-state index contributed by atoms with van der Waals surface area (Å²) in [6.07, 6.45) is 3.69. The molecule has 7 heteroatoms. The van der Waals surface area contributed by atoms with E-state index in [4.69, 9.17) is 9.47 Å². The monoisotopic (exact) mass is 442 g/mol. The maximum Gasteiger partial charge on any atom is 0.269 e. The van der Waals surface area contributed by atoms with Gasteiger partial charge in [0.15, 0.2) is 11.5 Å². The first-order valence-electron chi connectivity index (χ1n) is 9.74. The Kier molecular flexibility index (Phi) is 3.49. The lowest BCUT2D eigenvalue weighted by atomic mass is 9.68. The molecule has 2 heterocycles. The third kappa shape index (κ3) is 2.25. The molecule has 2 aliphatic heterocycles. The fourth-order valence-electron chi connectivity index (χ4n) is 6.07. The number of nitro benzene ring substituents is 1. The SMILES string of the molecule is O=[N+]([O-])c1ccc2c(c1)C1C3CCC(C3)C1C(c1cc3c(cc1Br)OCO3)N2. The number of anilines is 1. The van der Waals surface area contributed by atoms with Crippen LogP contribution in [0.2, 0.25) is 0 Å². The number of rotatable bonds is 2. The van der Waals surface area contributed by atoms with Gasteiger partial charge in [0.05, 0.1) is 11.0 Å². The Morgan fingerprint density at radius 1 is 1.07 bits per heavy atom. The first kappa shape index (κ1) is 16.7. The van der Waals surface area contributed by atoms with E-state index in [1.165, 1.54) is 24.8 Å². The molecule has 2 aromatic rings. The van der Waals surface area contributed by atoms with Crippen LogP contribution in [0.25, 0.3) is 0 Å². The molecule has 6 rings (SSSR count). The number of hydrogen-bond donors (Lipinski definition) is 1. The molecule has 5 atom stereocenters. The van der Waals surface area contributed by atoms with Gasteiger partial charge in [0.2, 0.25) is 6.79 Å². The maximum absolute atomic E-state index is 11.3. The van der Waals surface area contributed by atoms with Crippen molar-refractivity contribution in [3.05, 3.63) is 56.0 Å². The Labute approximate surface area is 170 Å². The lowest BCUT2D eigenvalue weighted by Crippen LogP contribution is -2.35. The summed E-state index contributed by atoms with van der Waals surface area (Å²) < 4.78 is 12.2. The smallest absolute Gasteiger partial charge is 0.269 e. The Hall–Kier alpha value is -2.28. The minimum absolute atomic E-state index is 0.151. The van der Waals surface area contributed by atoms with Crippen molar-refractivity contribution in [2.75, 3.05) is 12.1 Å². The number of nitrogens with one attached hydrogen (secondary N) is 1. The number of benzene rings is 2. The second-order valence-corrected chi connectivity index (χ2v) is 9.17. The van der Waals surface area contributed by atoms with Crippen molar-refractivity contribution in [1.29, 1.82) is 0 Å². The van der Waals surface area contributed by atoms with Gasteiger partial charge in [0.25, 0.3) is 5.69 Å². The van der Waals surface area contributed by atoms with Gasteiger partial charge in [-0.05, 0) is 72.3 Å². The molecule has 2 saturated carbocycles. The summed E-state index contributed by atoms with van der Waals surface area (Å²) in [5.41, 5.74) is 3.51. The molecule has 6 nitrogen and oxygen atoms in total. The summed E-state index contributed by atoms with van der Waals surface area (Å²) in [4.78, 5) is 11.0. The highest BCUT2D eigenvalue weighted by molar-refractivity contribution is 9.10. The van der Waals surface area contributed by atoms with Crippen LogP contribution in [0.5, 0.6) is 11.5 Å². The largest absolute Gasteiger partial charge is 0.454 e. The Balaban J connectivity index is 1.49. The van der Waals surface area contributed by atoms with E-state index in [0.29, 0.717) is 23.7 Å². The second kappa shape index (κ2) is 5.86. The molecule has 5 unspecified atom stereocenters. The van der Waals surface area contributed by atoms with E-state index in [9.17, 15) is 10.1 Å². The molecular formula is C21H19BrN2O4. The summed E-state index contributed by atoms with van der Waals surface area (Å²) in [6.45, 7) is 0.257. The first-order valence-corrected chi connectivity index (χ1v) is 10.5. The fraction of sp³-hybridized carbons (Fsp3) is 0.429. The van der Waals surface area contributed by atoms with Gasteiger partial charge in [-0.2, -0.15) is 0 Å². The molecule has 28 heavy (non-hydrogen) atoms. The third-order valence-electron chi connectivity index (χ3n) is 7.11. The van der Waals surface area contributed by atoms with Crippen molar-refractivity contribution in [2.24, 2.45) is 17.8 Å². The lowest BCUT2D eigenvalue weighted by Gasteiger charge is -2.43. The van der Waals surface area contributed by atoms with E-state index in [2.05, 4.69) is 27.3 Å². The van der Waals surface area contributed by atoms with E-state index >= 15 is 0 Å². The molecule has 2 bridgehead atoms. The number of non-ortho nitro benzene ring substituents is 1. The molecule has 2 aromatic carbocycles. The maximum atomic E-state index is 11.3. The van der Waals surface area contributed by atoms with E-state index in [0.717, 1.165) is 27.2 Å². The van der Waals surface area contributed by atoms with Gasteiger partial charge in [0, 0.05) is 22.3 Å². The quantitative estimate of drug-likeness (QED) is 0.498. The normalized spacial score (nSPS) is 31.2. The van der Waals surface area contributed by atoms with Crippen LogP contribution in [-0.4, -0.2) is 11.7 Å². The molecule has 0 radical (unpaired) electrons. The summed E-state index contributed by atoms with van der Waals surface area (Å²) >= 11 is 3.74. The topological polar surface area (TPSA) is 73.6 Å². The summed E-state index contributed by atoms with van der Waals surface area (Å²) in [5, 5.41) is 15.0. The van der Waals surface area contributed by atoms with Crippen LogP contribution in [0.1, 0.15) is 42.3 Å². The van der Waals surface area contributed by atoms with Crippen LogP contribution < -0.4 is 14.8 Å². The van der Waals surface area contributed by atoms with Crippen molar-refractivity contribution in [2.45, 2.75) is 31.2 Å². The summed E-state index contributed by atoms with van der Waals surface area (Å²) in [5.74, 6) is 3.63.